The molecule has 0 bridgehead atoms. The molecule has 1 atom stereocenters. The fraction of sp³-hybridized carbons (Fsp3) is 0.323. The van der Waals surface area contributed by atoms with E-state index in [-0.39, 0.29) is 57.4 Å². The van der Waals surface area contributed by atoms with Crippen molar-refractivity contribution in [1.82, 2.24) is 15.3 Å². The van der Waals surface area contributed by atoms with Crippen LogP contribution < -0.4 is 10.1 Å². The van der Waals surface area contributed by atoms with E-state index in [1.54, 1.807) is 6.92 Å². The molecule has 3 N–H and O–H groups in total. The first-order chi connectivity index (χ1) is 19.7. The summed E-state index contributed by atoms with van der Waals surface area (Å²) in [5, 5.41) is 25.8. The predicted molar refractivity (Wildman–Crippen MR) is 147 cm³/mol. The zero-order valence-electron chi connectivity index (χ0n) is 23.4. The van der Waals surface area contributed by atoms with E-state index in [2.05, 4.69) is 15.3 Å². The number of methoxy groups -OCH3 is 1. The first-order valence-electron chi connectivity index (χ1n) is 13.3. The molecule has 0 aliphatic heterocycles. The number of aliphatic hydroxyl groups is 2. The molecule has 4 aromatic rings. The molecule has 2 heterocycles. The summed E-state index contributed by atoms with van der Waals surface area (Å²) in [5.74, 6) is -4.72. The van der Waals surface area contributed by atoms with Gasteiger partial charge < -0.3 is 20.3 Å². The lowest BCUT2D eigenvalue weighted by Crippen LogP contribution is -2.43. The number of aryl methyl sites for hydroxylation is 1. The maximum absolute atomic E-state index is 15.6. The van der Waals surface area contributed by atoms with Gasteiger partial charge in [0.15, 0.2) is 17.5 Å². The van der Waals surface area contributed by atoms with E-state index >= 15 is 4.39 Å². The molecular weight excluding hydrogens is 554 g/mol. The molecule has 2 aromatic carbocycles. The third kappa shape index (κ3) is 5.41. The summed E-state index contributed by atoms with van der Waals surface area (Å²) in [5.41, 5.74) is -3.57. The minimum atomic E-state index is -1.79. The topological polar surface area (TPSA) is 105 Å². The van der Waals surface area contributed by atoms with Crippen molar-refractivity contribution >= 4 is 16.8 Å². The van der Waals surface area contributed by atoms with Gasteiger partial charge in [-0.3, -0.25) is 4.79 Å². The van der Waals surface area contributed by atoms with Crippen molar-refractivity contribution < 1.29 is 37.3 Å². The van der Waals surface area contributed by atoms with Gasteiger partial charge in [-0.1, -0.05) is 0 Å². The number of ether oxygens (including phenoxy) is 1. The molecule has 0 saturated heterocycles. The number of carbonyl (C=O) groups is 1. The second-order valence-corrected chi connectivity index (χ2v) is 11.1. The zero-order chi connectivity index (χ0) is 30.6. The summed E-state index contributed by atoms with van der Waals surface area (Å²) < 4.78 is 62.7. The number of rotatable bonds is 8. The van der Waals surface area contributed by atoms with Crippen molar-refractivity contribution in [2.45, 2.75) is 44.8 Å². The number of aromatic nitrogens is 2. The third-order valence-electron chi connectivity index (χ3n) is 7.52. The fourth-order valence-corrected chi connectivity index (χ4v) is 4.98. The van der Waals surface area contributed by atoms with E-state index in [0.717, 1.165) is 18.2 Å². The molecule has 2 aromatic heterocycles. The normalized spacial score (nSPS) is 15.0. The first-order valence-corrected chi connectivity index (χ1v) is 13.3. The largest absolute Gasteiger partial charge is 0.494 e. The van der Waals surface area contributed by atoms with Gasteiger partial charge in [0.25, 0.3) is 5.91 Å². The highest BCUT2D eigenvalue weighted by molar-refractivity contribution is 6.00. The lowest BCUT2D eigenvalue weighted by molar-refractivity contribution is 0.00864. The van der Waals surface area contributed by atoms with Crippen LogP contribution in [0.5, 0.6) is 5.75 Å². The van der Waals surface area contributed by atoms with E-state index < -0.39 is 40.5 Å². The van der Waals surface area contributed by atoms with Gasteiger partial charge in [0.05, 0.1) is 24.9 Å². The van der Waals surface area contributed by atoms with Crippen LogP contribution in [0.1, 0.15) is 53.9 Å². The standard InChI is InChI=1S/C31H29F4N3O4/c1-15-9-17-10-18(12-23(42-4)26(17)38-28(15)35)29(39)36-14-31(41,19-6-7-19)24-13-20(30(2,3)40)25(34)27(37-24)16-5-8-21(32)22(33)11-16/h5,8-13,19,40-41H,6-7,14H2,1-4H3,(H,36,39)/t31-/m1/s1. The van der Waals surface area contributed by atoms with E-state index in [4.69, 9.17) is 4.74 Å². The molecule has 11 heteroatoms. The van der Waals surface area contributed by atoms with Crippen LogP contribution in [0.4, 0.5) is 17.6 Å². The van der Waals surface area contributed by atoms with Gasteiger partial charge in [-0.25, -0.2) is 23.1 Å². The van der Waals surface area contributed by atoms with Crippen LogP contribution in [-0.2, 0) is 11.2 Å². The minimum Gasteiger partial charge on any atom is -0.494 e. The number of nitrogens with one attached hydrogen (secondary N) is 1. The molecule has 1 aliphatic rings. The van der Waals surface area contributed by atoms with Crippen LogP contribution in [0, 0.1) is 36.2 Å². The summed E-state index contributed by atoms with van der Waals surface area (Å²) in [4.78, 5) is 21.5. The second kappa shape index (κ2) is 10.6. The smallest absolute Gasteiger partial charge is 0.251 e. The molecule has 5 rings (SSSR count). The van der Waals surface area contributed by atoms with Crippen molar-refractivity contribution in [3.8, 4) is 17.0 Å². The third-order valence-corrected chi connectivity index (χ3v) is 7.52. The average Bonchev–Trinajstić information content (AvgIpc) is 3.79. The molecule has 7 nitrogen and oxygen atoms in total. The number of pyridine rings is 2. The maximum atomic E-state index is 15.6. The Bertz CT molecular complexity index is 1720. The van der Waals surface area contributed by atoms with Gasteiger partial charge in [-0.05, 0) is 82.0 Å². The summed E-state index contributed by atoms with van der Waals surface area (Å²) in [6.45, 7) is 3.90. The lowest BCUT2D eigenvalue weighted by Gasteiger charge is -2.31. The van der Waals surface area contributed by atoms with Crippen LogP contribution in [0.2, 0.25) is 0 Å². The second-order valence-electron chi connectivity index (χ2n) is 11.1. The summed E-state index contributed by atoms with van der Waals surface area (Å²) >= 11 is 0. The zero-order valence-corrected chi connectivity index (χ0v) is 23.4. The number of hydrogen-bond donors (Lipinski definition) is 3. The number of hydrogen-bond acceptors (Lipinski definition) is 6. The number of nitrogens with zero attached hydrogens (tertiary/aromatic N) is 2. The Kier molecular flexibility index (Phi) is 7.44. The Balaban J connectivity index is 1.54. The van der Waals surface area contributed by atoms with Crippen LogP contribution in [0.25, 0.3) is 22.2 Å². The number of halogens is 4. The highest BCUT2D eigenvalue weighted by Crippen LogP contribution is 2.46. The molecule has 42 heavy (non-hydrogen) atoms. The van der Waals surface area contributed by atoms with Crippen molar-refractivity contribution in [2.75, 3.05) is 13.7 Å². The molecule has 0 unspecified atom stereocenters. The van der Waals surface area contributed by atoms with Crippen LogP contribution in [-0.4, -0.2) is 39.7 Å². The predicted octanol–water partition coefficient (Wildman–Crippen LogP) is 5.43. The van der Waals surface area contributed by atoms with Gasteiger partial charge >= 0.3 is 0 Å². The van der Waals surface area contributed by atoms with E-state index in [0.29, 0.717) is 18.2 Å². The molecule has 1 fully saturated rings. The van der Waals surface area contributed by atoms with Crippen molar-refractivity contribution in [3.63, 3.8) is 0 Å². The van der Waals surface area contributed by atoms with Crippen LogP contribution in [0.15, 0.2) is 42.5 Å². The first kappa shape index (κ1) is 29.4. The number of amides is 1. The van der Waals surface area contributed by atoms with E-state index in [1.807, 2.05) is 0 Å². The summed E-state index contributed by atoms with van der Waals surface area (Å²) in [7, 11) is 1.37. The average molecular weight is 584 g/mol. The highest BCUT2D eigenvalue weighted by atomic mass is 19.2. The van der Waals surface area contributed by atoms with Gasteiger partial charge in [-0.15, -0.1) is 0 Å². The number of carbonyl (C=O) groups excluding carboxylic acids is 1. The monoisotopic (exact) mass is 583 g/mol. The summed E-state index contributed by atoms with van der Waals surface area (Å²) in [6, 6.07) is 8.45. The molecule has 1 amide bonds. The summed E-state index contributed by atoms with van der Waals surface area (Å²) in [6.07, 6.45) is 1.17. The lowest BCUT2D eigenvalue weighted by atomic mass is 9.87. The van der Waals surface area contributed by atoms with E-state index in [1.165, 1.54) is 45.2 Å². The number of benzene rings is 2. The number of fused-ring (bicyclic) bond motifs is 1. The van der Waals surface area contributed by atoms with Crippen LogP contribution >= 0.6 is 0 Å². The Morgan fingerprint density at radius 3 is 2.36 bits per heavy atom. The highest BCUT2D eigenvalue weighted by Gasteiger charge is 2.47. The van der Waals surface area contributed by atoms with Gasteiger partial charge in [0, 0.05) is 27.6 Å². The van der Waals surface area contributed by atoms with Gasteiger partial charge in [-0.2, -0.15) is 4.39 Å². The van der Waals surface area contributed by atoms with E-state index in [9.17, 15) is 28.2 Å². The molecule has 0 spiro atoms. The van der Waals surface area contributed by atoms with Gasteiger partial charge in [0.2, 0.25) is 5.95 Å². The molecule has 0 radical (unpaired) electrons. The minimum absolute atomic E-state index is 0.0463. The Labute approximate surface area is 239 Å². The fourth-order valence-electron chi connectivity index (χ4n) is 4.98. The maximum Gasteiger partial charge on any atom is 0.251 e. The Hall–Kier alpha value is -4.09. The quantitative estimate of drug-likeness (QED) is 0.189. The van der Waals surface area contributed by atoms with Crippen molar-refractivity contribution in [3.05, 3.63) is 88.2 Å². The Morgan fingerprint density at radius 1 is 1.02 bits per heavy atom. The SMILES string of the molecule is COc1cc(C(=O)NC[C@](O)(c2cc(C(C)(C)O)c(F)c(-c3ccc(F)c(F)c3)n2)C2CC2)cc2cc(C)c(F)nc12. The molecule has 1 aliphatic carbocycles. The van der Waals surface area contributed by atoms with Crippen molar-refractivity contribution in [2.24, 2.45) is 5.92 Å². The molecular formula is C31H29F4N3O4. The van der Waals surface area contributed by atoms with Crippen LogP contribution in [0.3, 0.4) is 0 Å². The van der Waals surface area contributed by atoms with Crippen molar-refractivity contribution in [1.29, 1.82) is 0 Å². The van der Waals surface area contributed by atoms with Gasteiger partial charge in [0.1, 0.15) is 22.6 Å². The Morgan fingerprint density at radius 2 is 1.74 bits per heavy atom. The molecule has 220 valence electrons. The molecule has 1 saturated carbocycles.